The second-order valence-corrected chi connectivity index (χ2v) is 8.08. The first-order valence-electron chi connectivity index (χ1n) is 5.65. The van der Waals surface area contributed by atoms with Crippen molar-refractivity contribution in [3.8, 4) is 0 Å². The molecule has 0 aliphatic rings. The van der Waals surface area contributed by atoms with Gasteiger partial charge in [-0.3, -0.25) is 4.79 Å². The van der Waals surface area contributed by atoms with E-state index in [0.717, 1.165) is 11.3 Å². The maximum atomic E-state index is 12.2. The quantitative estimate of drug-likeness (QED) is 0.842. The fraction of sp³-hybridized carbons (Fsp3) is 0.545. The molecule has 0 aliphatic heterocycles. The number of aliphatic carboxylic acids is 1. The van der Waals surface area contributed by atoms with E-state index in [9.17, 15) is 18.3 Å². The van der Waals surface area contributed by atoms with Crippen LogP contribution in [0.25, 0.3) is 0 Å². The minimum atomic E-state index is -3.88. The third-order valence-corrected chi connectivity index (χ3v) is 6.31. The molecule has 1 atom stereocenters. The van der Waals surface area contributed by atoms with Crippen molar-refractivity contribution in [1.82, 2.24) is 4.72 Å². The summed E-state index contributed by atoms with van der Waals surface area (Å²) in [6.45, 7) is 4.85. The molecule has 0 saturated carbocycles. The summed E-state index contributed by atoms with van der Waals surface area (Å²) in [7, 11) is -3.88. The Morgan fingerprint density at radius 3 is 2.53 bits per heavy atom. The first-order chi connectivity index (χ1) is 8.62. The summed E-state index contributed by atoms with van der Waals surface area (Å²) in [6, 6.07) is 1.43. The maximum Gasteiger partial charge on any atom is 0.324 e. The zero-order valence-electron chi connectivity index (χ0n) is 10.9. The van der Waals surface area contributed by atoms with Gasteiger partial charge in [0.2, 0.25) is 0 Å². The van der Waals surface area contributed by atoms with Crippen LogP contribution in [0, 0.1) is 6.92 Å². The molecule has 0 fully saturated rings. The summed E-state index contributed by atoms with van der Waals surface area (Å²) in [5, 5.41) is 9.18. The van der Waals surface area contributed by atoms with Gasteiger partial charge in [-0.15, -0.1) is 11.3 Å². The Kier molecular flexibility index (Phi) is 5.00. The fourth-order valence-electron chi connectivity index (χ4n) is 1.61. The molecule has 1 aromatic rings. The third kappa shape index (κ3) is 3.68. The lowest BCUT2D eigenvalue weighted by Gasteiger charge is -2.24. The predicted octanol–water partition coefficient (Wildman–Crippen LogP) is 2.63. The lowest BCUT2D eigenvalue weighted by atomic mass is 9.98. The van der Waals surface area contributed by atoms with Gasteiger partial charge in [0.1, 0.15) is 9.75 Å². The second-order valence-electron chi connectivity index (χ2n) is 4.51. The molecule has 0 spiro atoms. The Labute approximate surface area is 121 Å². The smallest absolute Gasteiger partial charge is 0.324 e. The molecular formula is C11H16ClNO4S2. The van der Waals surface area contributed by atoms with Crippen molar-refractivity contribution in [2.45, 2.75) is 43.4 Å². The van der Waals surface area contributed by atoms with Crippen molar-refractivity contribution >= 4 is 38.9 Å². The highest BCUT2D eigenvalue weighted by molar-refractivity contribution is 7.91. The maximum absolute atomic E-state index is 12.2. The van der Waals surface area contributed by atoms with E-state index in [1.807, 2.05) is 0 Å². The van der Waals surface area contributed by atoms with E-state index >= 15 is 0 Å². The lowest BCUT2D eigenvalue weighted by Crippen LogP contribution is -2.51. The largest absolute Gasteiger partial charge is 0.480 e. The molecule has 0 aromatic carbocycles. The molecule has 1 aromatic heterocycles. The number of aryl methyl sites for hydroxylation is 1. The van der Waals surface area contributed by atoms with Crippen molar-refractivity contribution in [3.63, 3.8) is 0 Å². The summed E-state index contributed by atoms with van der Waals surface area (Å²) in [4.78, 5) is 11.2. The van der Waals surface area contributed by atoms with E-state index in [-0.39, 0.29) is 10.6 Å². The van der Waals surface area contributed by atoms with E-state index in [4.69, 9.17) is 11.6 Å². The Morgan fingerprint density at radius 2 is 2.16 bits per heavy atom. The molecule has 0 bridgehead atoms. The zero-order valence-corrected chi connectivity index (χ0v) is 13.2. The molecule has 8 heteroatoms. The number of carboxylic acid groups (broad SMARTS) is 1. The van der Waals surface area contributed by atoms with E-state index in [0.29, 0.717) is 16.3 Å². The van der Waals surface area contributed by atoms with Crippen molar-refractivity contribution in [1.29, 1.82) is 0 Å². The van der Waals surface area contributed by atoms with Gasteiger partial charge in [0.15, 0.2) is 0 Å². The standard InChI is InChI=1S/C11H16ClNO4S2/c1-4-5-11(3,10(14)15)13-19(16,17)8-6-7(2)9(12)18-8/h6,13H,4-5H2,1-3H3,(H,14,15). The summed E-state index contributed by atoms with van der Waals surface area (Å²) in [6.07, 6.45) is 0.759. The molecule has 0 radical (unpaired) electrons. The number of halogens is 1. The second kappa shape index (κ2) is 5.78. The van der Waals surface area contributed by atoms with Gasteiger partial charge >= 0.3 is 5.97 Å². The molecule has 0 aliphatic carbocycles. The molecule has 2 N–H and O–H groups in total. The monoisotopic (exact) mass is 325 g/mol. The van der Waals surface area contributed by atoms with Crippen LogP contribution in [0.1, 0.15) is 32.3 Å². The van der Waals surface area contributed by atoms with E-state index < -0.39 is 21.5 Å². The van der Waals surface area contributed by atoms with Gasteiger partial charge in [-0.05, 0) is 31.9 Å². The zero-order chi connectivity index (χ0) is 14.8. The number of thiophene rings is 1. The van der Waals surface area contributed by atoms with E-state index in [1.165, 1.54) is 13.0 Å². The molecule has 5 nitrogen and oxygen atoms in total. The van der Waals surface area contributed by atoms with Crippen molar-refractivity contribution in [2.24, 2.45) is 0 Å². The van der Waals surface area contributed by atoms with Crippen molar-refractivity contribution in [2.75, 3.05) is 0 Å². The number of hydrogen-bond donors (Lipinski definition) is 2. The number of nitrogens with one attached hydrogen (secondary N) is 1. The van der Waals surface area contributed by atoms with Crippen LogP contribution in [0.2, 0.25) is 4.34 Å². The topological polar surface area (TPSA) is 83.5 Å². The Bertz CT molecular complexity index is 562. The van der Waals surface area contributed by atoms with Crippen LogP contribution in [-0.2, 0) is 14.8 Å². The summed E-state index contributed by atoms with van der Waals surface area (Å²) < 4.78 is 27.0. The number of hydrogen-bond acceptors (Lipinski definition) is 4. The average molecular weight is 326 g/mol. The summed E-state index contributed by atoms with van der Waals surface area (Å²) in [5.41, 5.74) is -0.864. The highest BCUT2D eigenvalue weighted by Crippen LogP contribution is 2.31. The molecular weight excluding hydrogens is 310 g/mol. The molecule has 1 unspecified atom stereocenters. The van der Waals surface area contributed by atoms with Crippen LogP contribution < -0.4 is 4.72 Å². The Balaban J connectivity index is 3.11. The number of sulfonamides is 1. The van der Waals surface area contributed by atoms with Gasteiger partial charge in [-0.1, -0.05) is 24.9 Å². The molecule has 1 rings (SSSR count). The van der Waals surface area contributed by atoms with Crippen molar-refractivity contribution < 1.29 is 18.3 Å². The number of carbonyl (C=O) groups is 1. The first kappa shape index (κ1) is 16.4. The predicted molar refractivity (Wildman–Crippen MR) is 75.3 cm³/mol. The van der Waals surface area contributed by atoms with Gasteiger partial charge in [-0.2, -0.15) is 4.72 Å². The molecule has 1 heterocycles. The summed E-state index contributed by atoms with van der Waals surface area (Å²) >= 11 is 6.75. The van der Waals surface area contributed by atoms with E-state index in [2.05, 4.69) is 4.72 Å². The average Bonchev–Trinajstić information content (AvgIpc) is 2.59. The van der Waals surface area contributed by atoms with Gasteiger partial charge in [0, 0.05) is 0 Å². The summed E-state index contributed by atoms with van der Waals surface area (Å²) in [5.74, 6) is -1.20. The third-order valence-electron chi connectivity index (χ3n) is 2.68. The lowest BCUT2D eigenvalue weighted by molar-refractivity contribution is -0.143. The molecule has 108 valence electrons. The van der Waals surface area contributed by atoms with Crippen LogP contribution in [0.4, 0.5) is 0 Å². The first-order valence-corrected chi connectivity index (χ1v) is 8.33. The van der Waals surface area contributed by atoms with Crippen LogP contribution in [-0.4, -0.2) is 25.0 Å². The van der Waals surface area contributed by atoms with E-state index in [1.54, 1.807) is 13.8 Å². The number of carboxylic acids is 1. The van der Waals surface area contributed by atoms with Gasteiger partial charge in [0.05, 0.1) is 4.34 Å². The highest BCUT2D eigenvalue weighted by atomic mass is 35.5. The van der Waals surface area contributed by atoms with Gasteiger partial charge in [-0.25, -0.2) is 8.42 Å². The normalized spacial score (nSPS) is 15.2. The van der Waals surface area contributed by atoms with Crippen LogP contribution >= 0.6 is 22.9 Å². The Hall–Kier alpha value is -0.630. The van der Waals surface area contributed by atoms with Gasteiger partial charge < -0.3 is 5.11 Å². The van der Waals surface area contributed by atoms with Crippen LogP contribution in [0.5, 0.6) is 0 Å². The van der Waals surface area contributed by atoms with Gasteiger partial charge in [0.25, 0.3) is 10.0 Å². The highest BCUT2D eigenvalue weighted by Gasteiger charge is 2.37. The Morgan fingerprint density at radius 1 is 1.58 bits per heavy atom. The molecule has 19 heavy (non-hydrogen) atoms. The minimum Gasteiger partial charge on any atom is -0.480 e. The minimum absolute atomic E-state index is 0.0265. The SMILES string of the molecule is CCCC(C)(NS(=O)(=O)c1cc(C)c(Cl)s1)C(=O)O. The van der Waals surface area contributed by atoms with Crippen LogP contribution in [0.3, 0.4) is 0 Å². The molecule has 0 amide bonds. The number of rotatable bonds is 6. The van der Waals surface area contributed by atoms with Crippen molar-refractivity contribution in [3.05, 3.63) is 16.0 Å². The van der Waals surface area contributed by atoms with Crippen LogP contribution in [0.15, 0.2) is 10.3 Å². The molecule has 0 saturated heterocycles. The fourth-order valence-corrected chi connectivity index (χ4v) is 4.71.